The van der Waals surface area contributed by atoms with Gasteiger partial charge in [0.2, 0.25) is 0 Å². The molecule has 0 saturated carbocycles. The summed E-state index contributed by atoms with van der Waals surface area (Å²) < 4.78 is 0. The highest BCUT2D eigenvalue weighted by molar-refractivity contribution is 5.99. The number of aliphatic carboxylic acids is 1. The van der Waals surface area contributed by atoms with E-state index in [4.69, 9.17) is 5.11 Å². The molecule has 2 N–H and O–H groups in total. The van der Waals surface area contributed by atoms with Gasteiger partial charge in [0.05, 0.1) is 6.10 Å². The van der Waals surface area contributed by atoms with Gasteiger partial charge in [0.25, 0.3) is 0 Å². The number of hydrogen-bond donors (Lipinski definition) is 2. The standard InChI is InChI=1S/C12H18O4/c1-7-3-5-9(12(15)16)11(14)8(2)10(13)6-4-7/h3,8-10,13H,4-6H2,1-2H3,(H,15,16)/b7-3-/t8?,9-,10-/m0/s1. The highest BCUT2D eigenvalue weighted by atomic mass is 16.4. The third kappa shape index (κ3) is 2.92. The van der Waals surface area contributed by atoms with Gasteiger partial charge in [-0.3, -0.25) is 9.59 Å². The fourth-order valence-electron chi connectivity index (χ4n) is 1.89. The average molecular weight is 226 g/mol. The molecular weight excluding hydrogens is 208 g/mol. The number of rotatable bonds is 1. The van der Waals surface area contributed by atoms with Gasteiger partial charge in [-0.2, -0.15) is 0 Å². The minimum Gasteiger partial charge on any atom is -0.481 e. The summed E-state index contributed by atoms with van der Waals surface area (Å²) >= 11 is 0. The molecule has 4 heteroatoms. The van der Waals surface area contributed by atoms with Crippen molar-refractivity contribution >= 4 is 11.8 Å². The predicted octanol–water partition coefficient (Wildman–Crippen LogP) is 1.38. The summed E-state index contributed by atoms with van der Waals surface area (Å²) in [5, 5.41) is 18.7. The summed E-state index contributed by atoms with van der Waals surface area (Å²) in [6, 6.07) is 0. The molecule has 3 atom stereocenters. The first-order chi connectivity index (χ1) is 7.43. The number of carboxylic acid groups (broad SMARTS) is 1. The molecule has 0 heterocycles. The number of aliphatic hydroxyl groups is 1. The zero-order valence-electron chi connectivity index (χ0n) is 9.64. The van der Waals surface area contributed by atoms with Crippen molar-refractivity contribution in [1.29, 1.82) is 0 Å². The Labute approximate surface area is 95.0 Å². The lowest BCUT2D eigenvalue weighted by Gasteiger charge is -2.19. The predicted molar refractivity (Wildman–Crippen MR) is 58.9 cm³/mol. The van der Waals surface area contributed by atoms with Gasteiger partial charge in [0, 0.05) is 5.92 Å². The molecule has 1 unspecified atom stereocenters. The number of carbonyl (C=O) groups is 2. The molecule has 0 bridgehead atoms. The molecule has 1 rings (SSSR count). The second kappa shape index (κ2) is 5.25. The van der Waals surface area contributed by atoms with Crippen LogP contribution in [0, 0.1) is 11.8 Å². The van der Waals surface area contributed by atoms with Crippen LogP contribution >= 0.6 is 0 Å². The molecule has 0 aromatic heterocycles. The highest BCUT2D eigenvalue weighted by Crippen LogP contribution is 2.23. The fourth-order valence-corrected chi connectivity index (χ4v) is 1.89. The first-order valence-electron chi connectivity index (χ1n) is 5.53. The molecule has 0 fully saturated rings. The van der Waals surface area contributed by atoms with Gasteiger partial charge in [0.15, 0.2) is 5.78 Å². The molecule has 1 aliphatic carbocycles. The van der Waals surface area contributed by atoms with Crippen LogP contribution in [-0.4, -0.2) is 28.1 Å². The van der Waals surface area contributed by atoms with E-state index in [1.54, 1.807) is 13.0 Å². The Morgan fingerprint density at radius 1 is 1.50 bits per heavy atom. The van der Waals surface area contributed by atoms with Crippen LogP contribution in [0.5, 0.6) is 0 Å². The lowest BCUT2D eigenvalue weighted by atomic mass is 9.88. The lowest BCUT2D eigenvalue weighted by molar-refractivity contribution is -0.148. The third-order valence-corrected chi connectivity index (χ3v) is 3.20. The highest BCUT2D eigenvalue weighted by Gasteiger charge is 2.33. The van der Waals surface area contributed by atoms with Crippen molar-refractivity contribution in [1.82, 2.24) is 0 Å². The number of aliphatic hydroxyl groups excluding tert-OH is 1. The van der Waals surface area contributed by atoms with E-state index in [0.29, 0.717) is 12.8 Å². The molecule has 0 aliphatic heterocycles. The van der Waals surface area contributed by atoms with Crippen LogP contribution in [0.2, 0.25) is 0 Å². The number of allylic oxidation sites excluding steroid dienone is 2. The van der Waals surface area contributed by atoms with E-state index in [2.05, 4.69) is 0 Å². The van der Waals surface area contributed by atoms with E-state index < -0.39 is 23.9 Å². The van der Waals surface area contributed by atoms with Gasteiger partial charge in [-0.1, -0.05) is 18.6 Å². The van der Waals surface area contributed by atoms with Gasteiger partial charge in [-0.05, 0) is 26.2 Å². The van der Waals surface area contributed by atoms with Gasteiger partial charge in [-0.15, -0.1) is 0 Å². The molecule has 0 aromatic rings. The Kier molecular flexibility index (Phi) is 4.24. The monoisotopic (exact) mass is 226 g/mol. The van der Waals surface area contributed by atoms with Gasteiger partial charge in [-0.25, -0.2) is 0 Å². The Morgan fingerprint density at radius 3 is 2.69 bits per heavy atom. The Morgan fingerprint density at radius 2 is 2.12 bits per heavy atom. The van der Waals surface area contributed by atoms with Crippen LogP contribution in [-0.2, 0) is 9.59 Å². The SMILES string of the molecule is C/C1=C/C[C@H](C(=O)O)C(=O)C(C)[C@@H](O)CC1. The number of carbonyl (C=O) groups excluding carboxylic acids is 1. The first-order valence-corrected chi connectivity index (χ1v) is 5.53. The van der Waals surface area contributed by atoms with Crippen LogP contribution in [0.25, 0.3) is 0 Å². The number of carboxylic acids is 1. The number of hydrogen-bond acceptors (Lipinski definition) is 3. The fraction of sp³-hybridized carbons (Fsp3) is 0.667. The maximum Gasteiger partial charge on any atom is 0.314 e. The van der Waals surface area contributed by atoms with E-state index >= 15 is 0 Å². The van der Waals surface area contributed by atoms with Crippen LogP contribution < -0.4 is 0 Å². The first kappa shape index (κ1) is 12.9. The second-order valence-electron chi connectivity index (χ2n) is 4.47. The van der Waals surface area contributed by atoms with Crippen molar-refractivity contribution in [3.8, 4) is 0 Å². The van der Waals surface area contributed by atoms with E-state index in [-0.39, 0.29) is 12.2 Å². The molecule has 0 aromatic carbocycles. The summed E-state index contributed by atoms with van der Waals surface area (Å²) in [6.07, 6.45) is 2.52. The number of ketones is 1. The zero-order chi connectivity index (χ0) is 12.3. The summed E-state index contributed by atoms with van der Waals surface area (Å²) in [5.74, 6) is -3.08. The molecular formula is C12H18O4. The molecule has 0 saturated heterocycles. The smallest absolute Gasteiger partial charge is 0.314 e. The normalized spacial score (nSPS) is 35.6. The summed E-state index contributed by atoms with van der Waals surface area (Å²) in [5.41, 5.74) is 1.03. The number of Topliss-reactive ketones (excluding diaryl/α,β-unsaturated/α-hetero) is 1. The van der Waals surface area contributed by atoms with E-state index in [1.807, 2.05) is 6.92 Å². The average Bonchev–Trinajstić information content (AvgIpc) is 2.26. The third-order valence-electron chi connectivity index (χ3n) is 3.20. The summed E-state index contributed by atoms with van der Waals surface area (Å²) in [4.78, 5) is 22.8. The Bertz CT molecular complexity index is 319. The molecule has 0 amide bonds. The van der Waals surface area contributed by atoms with Gasteiger partial charge >= 0.3 is 5.97 Å². The van der Waals surface area contributed by atoms with Crippen LogP contribution in [0.4, 0.5) is 0 Å². The van der Waals surface area contributed by atoms with Crippen LogP contribution in [0.15, 0.2) is 11.6 Å². The van der Waals surface area contributed by atoms with Crippen molar-refractivity contribution in [2.75, 3.05) is 0 Å². The Hall–Kier alpha value is -1.16. The minimum absolute atomic E-state index is 0.233. The molecule has 0 spiro atoms. The maximum atomic E-state index is 11.8. The summed E-state index contributed by atoms with van der Waals surface area (Å²) in [6.45, 7) is 3.50. The van der Waals surface area contributed by atoms with Gasteiger partial charge in [0.1, 0.15) is 5.92 Å². The maximum absolute atomic E-state index is 11.8. The molecule has 0 radical (unpaired) electrons. The molecule has 16 heavy (non-hydrogen) atoms. The summed E-state index contributed by atoms with van der Waals surface area (Å²) in [7, 11) is 0. The van der Waals surface area contributed by atoms with E-state index in [1.165, 1.54) is 0 Å². The quantitative estimate of drug-likeness (QED) is 0.523. The van der Waals surface area contributed by atoms with E-state index in [9.17, 15) is 14.7 Å². The van der Waals surface area contributed by atoms with Crippen molar-refractivity contribution in [3.05, 3.63) is 11.6 Å². The van der Waals surface area contributed by atoms with Crippen molar-refractivity contribution in [2.24, 2.45) is 11.8 Å². The van der Waals surface area contributed by atoms with E-state index in [0.717, 1.165) is 5.57 Å². The largest absolute Gasteiger partial charge is 0.481 e. The van der Waals surface area contributed by atoms with Crippen molar-refractivity contribution in [3.63, 3.8) is 0 Å². The van der Waals surface area contributed by atoms with Crippen molar-refractivity contribution < 1.29 is 19.8 Å². The zero-order valence-corrected chi connectivity index (χ0v) is 9.64. The second-order valence-corrected chi connectivity index (χ2v) is 4.47. The molecule has 90 valence electrons. The van der Waals surface area contributed by atoms with Gasteiger partial charge < -0.3 is 10.2 Å². The van der Waals surface area contributed by atoms with Crippen LogP contribution in [0.3, 0.4) is 0 Å². The minimum atomic E-state index is -1.10. The molecule has 1 aliphatic rings. The topological polar surface area (TPSA) is 74.6 Å². The lowest BCUT2D eigenvalue weighted by Crippen LogP contribution is -2.34. The van der Waals surface area contributed by atoms with Crippen molar-refractivity contribution in [2.45, 2.75) is 39.2 Å². The molecule has 4 nitrogen and oxygen atoms in total. The Balaban J connectivity index is 2.95. The van der Waals surface area contributed by atoms with Crippen LogP contribution in [0.1, 0.15) is 33.1 Å².